The molecule has 2 aromatic rings. The van der Waals surface area contributed by atoms with Crippen molar-refractivity contribution in [3.05, 3.63) is 71.8 Å². The molecule has 0 unspecified atom stereocenters. The van der Waals surface area contributed by atoms with Gasteiger partial charge in [-0.05, 0) is 29.9 Å². The summed E-state index contributed by atoms with van der Waals surface area (Å²) in [4.78, 5) is 24.7. The number of hydrogen-bond acceptors (Lipinski definition) is 2. The van der Waals surface area contributed by atoms with Gasteiger partial charge in [0.2, 0.25) is 0 Å². The SMILES string of the molecule is C[C@@H]1CCCC[C@H]1NC(=O)C(=O)NCC(c1ccccc1)c1ccccc1. The minimum absolute atomic E-state index is 0.0118. The van der Waals surface area contributed by atoms with E-state index in [4.69, 9.17) is 0 Å². The average molecular weight is 364 g/mol. The number of amides is 2. The molecule has 0 heterocycles. The number of benzene rings is 2. The molecule has 2 amide bonds. The van der Waals surface area contributed by atoms with Gasteiger partial charge in [0.1, 0.15) is 0 Å². The van der Waals surface area contributed by atoms with Crippen LogP contribution in [0.2, 0.25) is 0 Å². The standard InChI is InChI=1S/C23H28N2O2/c1-17-10-8-9-15-21(17)25-23(27)22(26)24-16-20(18-11-4-2-5-12-18)19-13-6-3-7-14-19/h2-7,11-14,17,20-21H,8-10,15-16H2,1H3,(H,24,26)(H,25,27)/t17-,21-/m1/s1. The smallest absolute Gasteiger partial charge is 0.309 e. The number of nitrogens with one attached hydrogen (secondary N) is 2. The number of hydrogen-bond donors (Lipinski definition) is 2. The first-order chi connectivity index (χ1) is 13.1. The van der Waals surface area contributed by atoms with Gasteiger partial charge in [0.15, 0.2) is 0 Å². The van der Waals surface area contributed by atoms with Gasteiger partial charge >= 0.3 is 11.8 Å². The number of rotatable bonds is 5. The summed E-state index contributed by atoms with van der Waals surface area (Å²) >= 11 is 0. The fraction of sp³-hybridized carbons (Fsp3) is 0.391. The third-order valence-electron chi connectivity index (χ3n) is 5.50. The Morgan fingerprint density at radius 1 is 0.889 bits per heavy atom. The Morgan fingerprint density at radius 2 is 1.44 bits per heavy atom. The molecule has 2 aromatic carbocycles. The zero-order valence-corrected chi connectivity index (χ0v) is 15.9. The van der Waals surface area contributed by atoms with Gasteiger partial charge in [0.25, 0.3) is 0 Å². The van der Waals surface area contributed by atoms with Crippen LogP contribution < -0.4 is 10.6 Å². The Bertz CT molecular complexity index is 706. The minimum atomic E-state index is -0.551. The quantitative estimate of drug-likeness (QED) is 0.796. The summed E-state index contributed by atoms with van der Waals surface area (Å²) in [5, 5.41) is 5.75. The van der Waals surface area contributed by atoms with Crippen LogP contribution in [0.1, 0.15) is 49.7 Å². The summed E-state index contributed by atoms with van der Waals surface area (Å²) in [5.74, 6) is -0.632. The van der Waals surface area contributed by atoms with Crippen LogP contribution in [0.5, 0.6) is 0 Å². The van der Waals surface area contributed by atoms with Crippen LogP contribution in [0.15, 0.2) is 60.7 Å². The molecule has 0 radical (unpaired) electrons. The monoisotopic (exact) mass is 364 g/mol. The van der Waals surface area contributed by atoms with Crippen molar-refractivity contribution >= 4 is 11.8 Å². The normalized spacial score (nSPS) is 19.5. The molecule has 4 nitrogen and oxygen atoms in total. The highest BCUT2D eigenvalue weighted by atomic mass is 16.2. The van der Waals surface area contributed by atoms with Gasteiger partial charge < -0.3 is 10.6 Å². The number of carbonyl (C=O) groups is 2. The van der Waals surface area contributed by atoms with Gasteiger partial charge in [0, 0.05) is 18.5 Å². The van der Waals surface area contributed by atoms with E-state index in [1.807, 2.05) is 60.7 Å². The highest BCUT2D eigenvalue weighted by Crippen LogP contribution is 2.24. The maximum atomic E-state index is 12.4. The second-order valence-electron chi connectivity index (χ2n) is 7.43. The molecule has 2 N–H and O–H groups in total. The Labute approximate surface area is 161 Å². The Hall–Kier alpha value is -2.62. The van der Waals surface area contributed by atoms with Gasteiger partial charge in [-0.2, -0.15) is 0 Å². The van der Waals surface area contributed by atoms with Crippen molar-refractivity contribution in [3.63, 3.8) is 0 Å². The molecule has 0 spiro atoms. The Kier molecular flexibility index (Phi) is 6.64. The second kappa shape index (κ2) is 9.36. The van der Waals surface area contributed by atoms with E-state index < -0.39 is 11.8 Å². The molecule has 1 aliphatic rings. The zero-order chi connectivity index (χ0) is 19.1. The fourth-order valence-electron chi connectivity index (χ4n) is 3.84. The largest absolute Gasteiger partial charge is 0.347 e. The molecule has 0 saturated heterocycles. The van der Waals surface area contributed by atoms with Gasteiger partial charge in [-0.3, -0.25) is 9.59 Å². The van der Waals surface area contributed by atoms with E-state index in [0.29, 0.717) is 12.5 Å². The first-order valence-corrected chi connectivity index (χ1v) is 9.83. The first kappa shape index (κ1) is 19.2. The first-order valence-electron chi connectivity index (χ1n) is 9.83. The molecule has 1 aliphatic carbocycles. The fourth-order valence-corrected chi connectivity index (χ4v) is 3.84. The minimum Gasteiger partial charge on any atom is -0.347 e. The molecular formula is C23H28N2O2. The Balaban J connectivity index is 1.63. The molecule has 27 heavy (non-hydrogen) atoms. The van der Waals surface area contributed by atoms with E-state index in [0.717, 1.165) is 30.4 Å². The molecule has 0 bridgehead atoms. The predicted molar refractivity (Wildman–Crippen MR) is 107 cm³/mol. The van der Waals surface area contributed by atoms with Crippen molar-refractivity contribution in [1.82, 2.24) is 10.6 Å². The van der Waals surface area contributed by atoms with Crippen LogP contribution in [-0.2, 0) is 9.59 Å². The number of carbonyl (C=O) groups excluding carboxylic acids is 2. The van der Waals surface area contributed by atoms with Crippen LogP contribution in [0.3, 0.4) is 0 Å². The molecule has 0 aromatic heterocycles. The van der Waals surface area contributed by atoms with Gasteiger partial charge in [0.05, 0.1) is 0 Å². The van der Waals surface area contributed by atoms with Crippen molar-refractivity contribution in [2.24, 2.45) is 5.92 Å². The molecule has 142 valence electrons. The Morgan fingerprint density at radius 3 is 2.00 bits per heavy atom. The van der Waals surface area contributed by atoms with E-state index >= 15 is 0 Å². The highest BCUT2D eigenvalue weighted by molar-refractivity contribution is 6.35. The van der Waals surface area contributed by atoms with E-state index in [1.54, 1.807) is 0 Å². The van der Waals surface area contributed by atoms with Crippen molar-refractivity contribution in [3.8, 4) is 0 Å². The lowest BCUT2D eigenvalue weighted by molar-refractivity contribution is -0.140. The molecule has 4 heteroatoms. The summed E-state index contributed by atoms with van der Waals surface area (Å²) in [6.07, 6.45) is 4.38. The molecule has 0 aliphatic heterocycles. The van der Waals surface area contributed by atoms with Crippen molar-refractivity contribution in [2.75, 3.05) is 6.54 Å². The average Bonchev–Trinajstić information content (AvgIpc) is 2.71. The van der Waals surface area contributed by atoms with Crippen LogP contribution >= 0.6 is 0 Å². The summed E-state index contributed by atoms with van der Waals surface area (Å²) in [6.45, 7) is 2.53. The lowest BCUT2D eigenvalue weighted by atomic mass is 9.86. The van der Waals surface area contributed by atoms with E-state index in [2.05, 4.69) is 17.6 Å². The third kappa shape index (κ3) is 5.19. The lowest BCUT2D eigenvalue weighted by Gasteiger charge is -2.29. The van der Waals surface area contributed by atoms with Crippen LogP contribution in [0, 0.1) is 5.92 Å². The van der Waals surface area contributed by atoms with Gasteiger partial charge in [-0.1, -0.05) is 80.4 Å². The summed E-state index contributed by atoms with van der Waals surface area (Å²) in [7, 11) is 0. The van der Waals surface area contributed by atoms with Crippen molar-refractivity contribution < 1.29 is 9.59 Å². The topological polar surface area (TPSA) is 58.2 Å². The van der Waals surface area contributed by atoms with Crippen LogP contribution in [-0.4, -0.2) is 24.4 Å². The van der Waals surface area contributed by atoms with Gasteiger partial charge in [-0.15, -0.1) is 0 Å². The van der Waals surface area contributed by atoms with Crippen molar-refractivity contribution in [2.45, 2.75) is 44.6 Å². The summed E-state index contributed by atoms with van der Waals surface area (Å²) in [6, 6.07) is 20.2. The van der Waals surface area contributed by atoms with E-state index in [1.165, 1.54) is 6.42 Å². The van der Waals surface area contributed by atoms with Crippen molar-refractivity contribution in [1.29, 1.82) is 0 Å². The molecule has 1 fully saturated rings. The predicted octanol–water partition coefficient (Wildman–Crippen LogP) is 3.63. The van der Waals surface area contributed by atoms with E-state index in [9.17, 15) is 9.59 Å². The maximum absolute atomic E-state index is 12.4. The lowest BCUT2D eigenvalue weighted by Crippen LogP contribution is -2.48. The summed E-state index contributed by atoms with van der Waals surface area (Å²) < 4.78 is 0. The van der Waals surface area contributed by atoms with Crippen LogP contribution in [0.25, 0.3) is 0 Å². The molecule has 3 rings (SSSR count). The van der Waals surface area contributed by atoms with E-state index in [-0.39, 0.29) is 12.0 Å². The van der Waals surface area contributed by atoms with Gasteiger partial charge in [-0.25, -0.2) is 0 Å². The summed E-state index contributed by atoms with van der Waals surface area (Å²) in [5.41, 5.74) is 2.23. The van der Waals surface area contributed by atoms with Crippen LogP contribution in [0.4, 0.5) is 0 Å². The zero-order valence-electron chi connectivity index (χ0n) is 15.9. The molecule has 1 saturated carbocycles. The highest BCUT2D eigenvalue weighted by Gasteiger charge is 2.26. The molecular weight excluding hydrogens is 336 g/mol. The molecule has 2 atom stereocenters. The maximum Gasteiger partial charge on any atom is 0.309 e. The third-order valence-corrected chi connectivity index (χ3v) is 5.50. The second-order valence-corrected chi connectivity index (χ2v) is 7.43.